The lowest BCUT2D eigenvalue weighted by Crippen LogP contribution is -2.22. The summed E-state index contributed by atoms with van der Waals surface area (Å²) >= 11 is 0. The molecule has 0 aromatic heterocycles. The fraction of sp³-hybridized carbons (Fsp3) is 0.0909. The van der Waals surface area contributed by atoms with Crippen molar-refractivity contribution in [3.8, 4) is 6.07 Å². The van der Waals surface area contributed by atoms with Crippen molar-refractivity contribution in [2.45, 2.75) is 6.42 Å². The molecule has 0 fully saturated rings. The molecule has 0 unspecified atom stereocenters. The summed E-state index contributed by atoms with van der Waals surface area (Å²) in [5.41, 5.74) is 3.28. The molecule has 0 aliphatic carbocycles. The van der Waals surface area contributed by atoms with Crippen LogP contribution in [-0.4, -0.2) is 17.5 Å². The second-order valence-electron chi connectivity index (χ2n) is 3.42. The minimum atomic E-state index is -0.446. The zero-order valence-corrected chi connectivity index (χ0v) is 8.73. The minimum Gasteiger partial charge on any atom is -0.321 e. The molecule has 0 radical (unpaired) electrons. The first kappa shape index (κ1) is 10.8. The van der Waals surface area contributed by atoms with Crippen molar-refractivity contribution in [3.05, 3.63) is 29.8 Å². The Morgan fingerprint density at radius 2 is 2.35 bits per heavy atom. The summed E-state index contributed by atoms with van der Waals surface area (Å²) in [6.07, 6.45) is -0.0240. The Morgan fingerprint density at radius 3 is 3.00 bits per heavy atom. The van der Waals surface area contributed by atoms with Crippen molar-refractivity contribution < 1.29 is 9.59 Å². The van der Waals surface area contributed by atoms with Gasteiger partial charge in [-0.2, -0.15) is 10.4 Å². The third-order valence-electron chi connectivity index (χ3n) is 2.16. The van der Waals surface area contributed by atoms with Crippen LogP contribution in [-0.2, 0) is 9.59 Å². The Hall–Kier alpha value is -2.68. The normalized spacial score (nSPS) is 13.6. The van der Waals surface area contributed by atoms with Gasteiger partial charge in [-0.25, -0.2) is 5.43 Å². The molecule has 1 aromatic rings. The number of amides is 2. The lowest BCUT2D eigenvalue weighted by molar-refractivity contribution is -0.119. The van der Waals surface area contributed by atoms with E-state index in [1.165, 1.54) is 0 Å². The van der Waals surface area contributed by atoms with Gasteiger partial charge in [0, 0.05) is 5.69 Å². The highest BCUT2D eigenvalue weighted by Gasteiger charge is 2.21. The Bertz CT molecular complexity index is 557. The van der Waals surface area contributed by atoms with Crippen LogP contribution in [0.4, 0.5) is 5.69 Å². The maximum absolute atomic E-state index is 11.6. The van der Waals surface area contributed by atoms with Gasteiger partial charge in [0.15, 0.2) is 0 Å². The Morgan fingerprint density at radius 1 is 1.53 bits per heavy atom. The molecular formula is C11H8N4O2. The van der Waals surface area contributed by atoms with Gasteiger partial charge in [0.05, 0.1) is 18.1 Å². The highest BCUT2D eigenvalue weighted by molar-refractivity contribution is 6.46. The number of nitrogens with one attached hydrogen (secondary N) is 2. The molecule has 2 amide bonds. The van der Waals surface area contributed by atoms with Gasteiger partial charge in [-0.15, -0.1) is 0 Å². The van der Waals surface area contributed by atoms with Gasteiger partial charge < -0.3 is 5.32 Å². The van der Waals surface area contributed by atoms with Gasteiger partial charge in [-0.05, 0) is 18.2 Å². The third-order valence-corrected chi connectivity index (χ3v) is 2.16. The largest absolute Gasteiger partial charge is 0.321 e. The van der Waals surface area contributed by atoms with E-state index < -0.39 is 5.91 Å². The van der Waals surface area contributed by atoms with Gasteiger partial charge in [0.2, 0.25) is 5.91 Å². The molecule has 0 atom stereocenters. The van der Waals surface area contributed by atoms with Crippen LogP contribution in [0.15, 0.2) is 29.4 Å². The predicted octanol–water partition coefficient (Wildman–Crippen LogP) is 0.373. The van der Waals surface area contributed by atoms with Crippen LogP contribution >= 0.6 is 0 Å². The standard InChI is InChI=1S/C11H8N4O2/c12-6-7-2-1-3-8(4-7)13-11(17)9-5-10(16)15-14-9/h1-4H,5H2,(H,13,17)(H,15,16). The summed E-state index contributed by atoms with van der Waals surface area (Å²) in [5, 5.41) is 14.9. The van der Waals surface area contributed by atoms with Crippen molar-refractivity contribution in [1.29, 1.82) is 5.26 Å². The number of nitriles is 1. The third kappa shape index (κ3) is 2.46. The SMILES string of the molecule is N#Cc1cccc(NC(=O)C2=NNC(=O)C2)c1. The van der Waals surface area contributed by atoms with Gasteiger partial charge in [0.1, 0.15) is 5.71 Å². The van der Waals surface area contributed by atoms with Gasteiger partial charge in [-0.1, -0.05) is 6.07 Å². The van der Waals surface area contributed by atoms with Gasteiger partial charge >= 0.3 is 0 Å². The van der Waals surface area contributed by atoms with E-state index in [9.17, 15) is 9.59 Å². The number of carbonyl (C=O) groups excluding carboxylic acids is 2. The van der Waals surface area contributed by atoms with Crippen LogP contribution in [0.3, 0.4) is 0 Å². The summed E-state index contributed by atoms with van der Waals surface area (Å²) < 4.78 is 0. The summed E-state index contributed by atoms with van der Waals surface area (Å²) in [6.45, 7) is 0. The van der Waals surface area contributed by atoms with E-state index in [4.69, 9.17) is 5.26 Å². The summed E-state index contributed by atoms with van der Waals surface area (Å²) in [6, 6.07) is 8.46. The molecule has 1 aromatic carbocycles. The van der Waals surface area contributed by atoms with Crippen LogP contribution in [0, 0.1) is 11.3 Å². The molecule has 1 aliphatic rings. The first-order valence-electron chi connectivity index (χ1n) is 4.86. The smallest absolute Gasteiger partial charge is 0.272 e. The second-order valence-corrected chi connectivity index (χ2v) is 3.42. The molecule has 0 bridgehead atoms. The van der Waals surface area contributed by atoms with E-state index >= 15 is 0 Å². The van der Waals surface area contributed by atoms with E-state index in [1.807, 2.05) is 6.07 Å². The Labute approximate surface area is 96.9 Å². The number of benzene rings is 1. The average molecular weight is 228 g/mol. The van der Waals surface area contributed by atoms with Crippen molar-refractivity contribution in [1.82, 2.24) is 5.43 Å². The Kier molecular flexibility index (Phi) is 2.83. The zero-order chi connectivity index (χ0) is 12.3. The molecule has 2 rings (SSSR count). The fourth-order valence-electron chi connectivity index (χ4n) is 1.36. The van der Waals surface area contributed by atoms with Crippen molar-refractivity contribution in [2.75, 3.05) is 5.32 Å². The van der Waals surface area contributed by atoms with Crippen molar-refractivity contribution in [2.24, 2.45) is 5.10 Å². The lowest BCUT2D eigenvalue weighted by Gasteiger charge is -2.03. The highest BCUT2D eigenvalue weighted by atomic mass is 16.2. The number of anilines is 1. The molecule has 84 valence electrons. The van der Waals surface area contributed by atoms with Crippen molar-refractivity contribution in [3.63, 3.8) is 0 Å². The second kappa shape index (κ2) is 4.45. The average Bonchev–Trinajstić information content (AvgIpc) is 2.76. The molecule has 1 heterocycles. The topological polar surface area (TPSA) is 94.3 Å². The van der Waals surface area contributed by atoms with E-state index in [1.54, 1.807) is 24.3 Å². The first-order chi connectivity index (χ1) is 8.19. The molecule has 0 spiro atoms. The lowest BCUT2D eigenvalue weighted by atomic mass is 10.2. The number of carbonyl (C=O) groups is 2. The number of nitrogens with zero attached hydrogens (tertiary/aromatic N) is 2. The van der Waals surface area contributed by atoms with Crippen LogP contribution in [0.25, 0.3) is 0 Å². The van der Waals surface area contributed by atoms with Crippen molar-refractivity contribution >= 4 is 23.2 Å². The predicted molar refractivity (Wildman–Crippen MR) is 60.0 cm³/mol. The Balaban J connectivity index is 2.08. The molecule has 17 heavy (non-hydrogen) atoms. The van der Waals surface area contributed by atoms with Gasteiger partial charge in [0.25, 0.3) is 5.91 Å². The maximum Gasteiger partial charge on any atom is 0.272 e. The zero-order valence-electron chi connectivity index (χ0n) is 8.73. The molecule has 2 N–H and O–H groups in total. The van der Waals surface area contributed by atoms with E-state index in [-0.39, 0.29) is 18.0 Å². The molecule has 0 saturated carbocycles. The van der Waals surface area contributed by atoms with E-state index in [2.05, 4.69) is 15.8 Å². The first-order valence-corrected chi connectivity index (χ1v) is 4.86. The summed E-state index contributed by atoms with van der Waals surface area (Å²) in [4.78, 5) is 22.5. The molecule has 1 aliphatic heterocycles. The maximum atomic E-state index is 11.6. The molecule has 6 nitrogen and oxygen atoms in total. The summed E-state index contributed by atoms with van der Waals surface area (Å²) in [5.74, 6) is -0.751. The monoisotopic (exact) mass is 228 g/mol. The van der Waals surface area contributed by atoms with E-state index in [0.717, 1.165) is 0 Å². The molecule has 0 saturated heterocycles. The minimum absolute atomic E-state index is 0.0240. The van der Waals surface area contributed by atoms with Crippen LogP contribution in [0.1, 0.15) is 12.0 Å². The van der Waals surface area contributed by atoms with Crippen LogP contribution in [0.2, 0.25) is 0 Å². The number of rotatable bonds is 2. The van der Waals surface area contributed by atoms with E-state index in [0.29, 0.717) is 11.3 Å². The quantitative estimate of drug-likeness (QED) is 0.765. The number of hydrogen-bond donors (Lipinski definition) is 2. The fourth-order valence-corrected chi connectivity index (χ4v) is 1.36. The molecule has 6 heteroatoms. The van der Waals surface area contributed by atoms with Crippen LogP contribution < -0.4 is 10.7 Å². The highest BCUT2D eigenvalue weighted by Crippen LogP contribution is 2.10. The van der Waals surface area contributed by atoms with Gasteiger partial charge in [-0.3, -0.25) is 9.59 Å². The summed E-state index contributed by atoms with van der Waals surface area (Å²) in [7, 11) is 0. The van der Waals surface area contributed by atoms with Crippen LogP contribution in [0.5, 0.6) is 0 Å². The molecular weight excluding hydrogens is 220 g/mol. The number of hydrogen-bond acceptors (Lipinski definition) is 4. The number of hydrazone groups is 1.